The molecular formula is C15H21ClN2OS. The van der Waals surface area contributed by atoms with Crippen LogP contribution in [0, 0.1) is 5.92 Å². The number of rotatable bonds is 5. The van der Waals surface area contributed by atoms with Crippen molar-refractivity contribution in [1.29, 1.82) is 0 Å². The second-order valence-corrected chi connectivity index (χ2v) is 6.92. The van der Waals surface area contributed by atoms with Gasteiger partial charge in [0, 0.05) is 22.4 Å². The number of carbonyl (C=O) groups is 1. The summed E-state index contributed by atoms with van der Waals surface area (Å²) in [5.41, 5.74) is 6.82. The lowest BCUT2D eigenvalue weighted by molar-refractivity contribution is -0.117. The summed E-state index contributed by atoms with van der Waals surface area (Å²) in [6.45, 7) is 2.09. The number of thioether (sulfide) groups is 1. The molecule has 1 fully saturated rings. The van der Waals surface area contributed by atoms with E-state index in [0.29, 0.717) is 17.4 Å². The van der Waals surface area contributed by atoms with Crippen molar-refractivity contribution in [2.45, 2.75) is 43.5 Å². The first-order chi connectivity index (χ1) is 9.60. The van der Waals surface area contributed by atoms with Crippen molar-refractivity contribution in [3.05, 3.63) is 23.2 Å². The van der Waals surface area contributed by atoms with E-state index in [2.05, 4.69) is 12.2 Å². The van der Waals surface area contributed by atoms with Crippen LogP contribution in [-0.2, 0) is 4.79 Å². The van der Waals surface area contributed by atoms with E-state index in [1.165, 1.54) is 0 Å². The molecule has 5 heteroatoms. The summed E-state index contributed by atoms with van der Waals surface area (Å²) < 4.78 is 0. The zero-order valence-corrected chi connectivity index (χ0v) is 13.3. The first-order valence-electron chi connectivity index (χ1n) is 7.08. The third-order valence-electron chi connectivity index (χ3n) is 3.68. The molecule has 1 saturated carbocycles. The van der Waals surface area contributed by atoms with Crippen LogP contribution in [0.1, 0.15) is 32.6 Å². The number of anilines is 1. The molecule has 0 aromatic heterocycles. The highest BCUT2D eigenvalue weighted by Crippen LogP contribution is 2.31. The van der Waals surface area contributed by atoms with Gasteiger partial charge in [0.1, 0.15) is 0 Å². The number of nitrogens with two attached hydrogens (primary N) is 1. The Balaban J connectivity index is 2.01. The average molecular weight is 313 g/mol. The molecule has 0 aliphatic heterocycles. The third-order valence-corrected chi connectivity index (χ3v) is 4.87. The lowest BCUT2D eigenvalue weighted by atomic mass is 10.00. The van der Waals surface area contributed by atoms with Crippen molar-refractivity contribution in [3.63, 3.8) is 0 Å². The highest BCUT2D eigenvalue weighted by molar-refractivity contribution is 7.99. The summed E-state index contributed by atoms with van der Waals surface area (Å²) >= 11 is 7.71. The van der Waals surface area contributed by atoms with Crippen LogP contribution in [0.2, 0.25) is 5.02 Å². The lowest BCUT2D eigenvalue weighted by Gasteiger charge is -2.16. The van der Waals surface area contributed by atoms with Crippen molar-refractivity contribution in [2.75, 3.05) is 11.1 Å². The van der Waals surface area contributed by atoms with Crippen LogP contribution in [0.15, 0.2) is 23.1 Å². The molecule has 0 bridgehead atoms. The summed E-state index contributed by atoms with van der Waals surface area (Å²) in [5.74, 6) is 1.31. The number of halogens is 1. The van der Waals surface area contributed by atoms with Gasteiger partial charge < -0.3 is 11.1 Å². The number of hydrogen-bond donors (Lipinski definition) is 2. The monoisotopic (exact) mass is 312 g/mol. The maximum absolute atomic E-state index is 12.2. The summed E-state index contributed by atoms with van der Waals surface area (Å²) in [5, 5.41) is 3.62. The van der Waals surface area contributed by atoms with Gasteiger partial charge in [0.05, 0.1) is 5.69 Å². The van der Waals surface area contributed by atoms with E-state index in [-0.39, 0.29) is 11.9 Å². The van der Waals surface area contributed by atoms with Gasteiger partial charge in [0.2, 0.25) is 5.91 Å². The number of benzene rings is 1. The summed E-state index contributed by atoms with van der Waals surface area (Å²) in [4.78, 5) is 13.2. The Morgan fingerprint density at radius 2 is 2.30 bits per heavy atom. The molecule has 0 spiro atoms. The predicted octanol–water partition coefficient (Wildman–Crippen LogP) is 3.91. The van der Waals surface area contributed by atoms with Crippen molar-refractivity contribution in [1.82, 2.24) is 0 Å². The van der Waals surface area contributed by atoms with Crippen molar-refractivity contribution in [3.8, 4) is 0 Å². The molecule has 1 aromatic carbocycles. The van der Waals surface area contributed by atoms with E-state index >= 15 is 0 Å². The van der Waals surface area contributed by atoms with Crippen LogP contribution in [-0.4, -0.2) is 17.7 Å². The fourth-order valence-corrected chi connectivity index (χ4v) is 3.55. The van der Waals surface area contributed by atoms with Gasteiger partial charge in [-0.25, -0.2) is 0 Å². The van der Waals surface area contributed by atoms with Crippen LogP contribution in [0.5, 0.6) is 0 Å². The summed E-state index contributed by atoms with van der Waals surface area (Å²) in [6, 6.07) is 5.78. The first-order valence-corrected chi connectivity index (χ1v) is 8.44. The number of amides is 1. The number of nitrogens with one attached hydrogen (secondary N) is 1. The molecule has 1 aliphatic carbocycles. The maximum atomic E-state index is 12.2. The molecule has 1 aromatic rings. The van der Waals surface area contributed by atoms with E-state index in [1.807, 2.05) is 18.2 Å². The normalized spacial score (nSPS) is 21.9. The fourth-order valence-electron chi connectivity index (χ4n) is 2.64. The molecule has 1 aliphatic rings. The van der Waals surface area contributed by atoms with Gasteiger partial charge in [-0.2, -0.15) is 0 Å². The van der Waals surface area contributed by atoms with E-state index in [9.17, 15) is 4.79 Å². The topological polar surface area (TPSA) is 55.1 Å². The minimum atomic E-state index is 0.0348. The molecule has 0 saturated heterocycles. The van der Waals surface area contributed by atoms with E-state index in [1.54, 1.807) is 11.8 Å². The number of hydrogen-bond acceptors (Lipinski definition) is 3. The van der Waals surface area contributed by atoms with Gasteiger partial charge in [-0.15, -0.1) is 11.8 Å². The van der Waals surface area contributed by atoms with Crippen molar-refractivity contribution >= 4 is 35.0 Å². The van der Waals surface area contributed by atoms with Gasteiger partial charge in [-0.1, -0.05) is 24.9 Å². The molecule has 1 amide bonds. The minimum Gasteiger partial charge on any atom is -0.327 e. The molecule has 3 N–H and O–H groups in total. The summed E-state index contributed by atoms with van der Waals surface area (Å²) in [7, 11) is 0. The summed E-state index contributed by atoms with van der Waals surface area (Å²) in [6.07, 6.45) is 3.73. The SMILES string of the molecule is CCSc1ccc(Cl)cc1NC(=O)C[C@@H]1CCC[C@H]1N. The standard InChI is InChI=1S/C15H21ClN2OS/c1-2-20-14-7-6-11(16)9-13(14)18-15(19)8-10-4-3-5-12(10)17/h6-7,9-10,12H,2-5,8,17H2,1H3,(H,18,19)/t10-,12+/m0/s1. The second-order valence-electron chi connectivity index (χ2n) is 5.18. The van der Waals surface area contributed by atoms with Gasteiger partial charge in [0.25, 0.3) is 0 Å². The number of carbonyl (C=O) groups excluding carboxylic acids is 1. The average Bonchev–Trinajstić information content (AvgIpc) is 2.78. The molecular weight excluding hydrogens is 292 g/mol. The van der Waals surface area contributed by atoms with Gasteiger partial charge in [-0.05, 0) is 42.7 Å². The fraction of sp³-hybridized carbons (Fsp3) is 0.533. The third kappa shape index (κ3) is 4.14. The van der Waals surface area contributed by atoms with Crippen LogP contribution >= 0.6 is 23.4 Å². The minimum absolute atomic E-state index is 0.0348. The van der Waals surface area contributed by atoms with E-state index < -0.39 is 0 Å². The molecule has 0 radical (unpaired) electrons. The largest absolute Gasteiger partial charge is 0.327 e. The predicted molar refractivity (Wildman–Crippen MR) is 86.4 cm³/mol. The maximum Gasteiger partial charge on any atom is 0.224 e. The zero-order chi connectivity index (χ0) is 14.5. The zero-order valence-electron chi connectivity index (χ0n) is 11.7. The highest BCUT2D eigenvalue weighted by Gasteiger charge is 2.26. The van der Waals surface area contributed by atoms with Crippen LogP contribution in [0.3, 0.4) is 0 Å². The van der Waals surface area contributed by atoms with E-state index in [4.69, 9.17) is 17.3 Å². The van der Waals surface area contributed by atoms with Crippen LogP contribution in [0.4, 0.5) is 5.69 Å². The molecule has 2 rings (SSSR count). The van der Waals surface area contributed by atoms with Crippen LogP contribution in [0.25, 0.3) is 0 Å². The van der Waals surface area contributed by atoms with Crippen LogP contribution < -0.4 is 11.1 Å². The van der Waals surface area contributed by atoms with E-state index in [0.717, 1.165) is 35.6 Å². The Bertz CT molecular complexity index is 481. The molecule has 0 unspecified atom stereocenters. The van der Waals surface area contributed by atoms with Crippen molar-refractivity contribution in [2.24, 2.45) is 11.7 Å². The van der Waals surface area contributed by atoms with Gasteiger partial charge in [-0.3, -0.25) is 4.79 Å². The Hall–Kier alpha value is -0.710. The Morgan fingerprint density at radius 1 is 1.50 bits per heavy atom. The molecule has 0 heterocycles. The highest BCUT2D eigenvalue weighted by atomic mass is 35.5. The molecule has 110 valence electrons. The Morgan fingerprint density at radius 3 is 2.95 bits per heavy atom. The lowest BCUT2D eigenvalue weighted by Crippen LogP contribution is -2.28. The van der Waals surface area contributed by atoms with Gasteiger partial charge in [0.15, 0.2) is 0 Å². The molecule has 2 atom stereocenters. The first kappa shape index (κ1) is 15.7. The second kappa shape index (κ2) is 7.34. The van der Waals surface area contributed by atoms with Gasteiger partial charge >= 0.3 is 0 Å². The molecule has 20 heavy (non-hydrogen) atoms. The Labute approximate surface area is 129 Å². The molecule has 3 nitrogen and oxygen atoms in total. The van der Waals surface area contributed by atoms with Crippen molar-refractivity contribution < 1.29 is 4.79 Å². The smallest absolute Gasteiger partial charge is 0.224 e. The Kier molecular flexibility index (Phi) is 5.75. The quantitative estimate of drug-likeness (QED) is 0.811.